The molecule has 0 saturated heterocycles. The zero-order chi connectivity index (χ0) is 10.6. The van der Waals surface area contributed by atoms with Crippen molar-refractivity contribution < 1.29 is 17.9 Å². The Kier molecular flexibility index (Phi) is 3.11. The lowest BCUT2D eigenvalue weighted by atomic mass is 10.2. The molecule has 0 aliphatic carbocycles. The van der Waals surface area contributed by atoms with Gasteiger partial charge in [0.2, 0.25) is 5.90 Å². The minimum atomic E-state index is -4.40. The Morgan fingerprint density at radius 1 is 1.21 bits per heavy atom. The summed E-state index contributed by atoms with van der Waals surface area (Å²) in [5, 5.41) is 7.19. The highest BCUT2D eigenvalue weighted by molar-refractivity contribution is 5.91. The summed E-state index contributed by atoms with van der Waals surface area (Å²) in [5.41, 5.74) is 0.330. The van der Waals surface area contributed by atoms with Crippen LogP contribution in [0.3, 0.4) is 0 Å². The summed E-state index contributed by atoms with van der Waals surface area (Å²) >= 11 is 0. The third-order valence-electron chi connectivity index (χ3n) is 1.42. The molecule has 2 nitrogen and oxygen atoms in total. The molecule has 0 radical (unpaired) electrons. The van der Waals surface area contributed by atoms with Crippen LogP contribution in [-0.4, -0.2) is 18.7 Å². The van der Waals surface area contributed by atoms with Crippen molar-refractivity contribution in [2.24, 2.45) is 0 Å². The van der Waals surface area contributed by atoms with Crippen LogP contribution in [0, 0.1) is 5.41 Å². The van der Waals surface area contributed by atoms with E-state index in [1.165, 1.54) is 12.1 Å². The summed E-state index contributed by atoms with van der Waals surface area (Å²) in [6.45, 7) is -1.43. The molecule has 0 atom stereocenters. The molecule has 1 rings (SSSR count). The van der Waals surface area contributed by atoms with E-state index >= 15 is 0 Å². The lowest BCUT2D eigenvalue weighted by Crippen LogP contribution is -2.20. The Bertz CT molecular complexity index is 308. The molecule has 1 aromatic rings. The van der Waals surface area contributed by atoms with E-state index in [0.717, 1.165) is 0 Å². The number of nitrogens with one attached hydrogen (secondary N) is 1. The third-order valence-corrected chi connectivity index (χ3v) is 1.42. The van der Waals surface area contributed by atoms with Crippen molar-refractivity contribution >= 4 is 5.90 Å². The summed E-state index contributed by atoms with van der Waals surface area (Å²) < 4.78 is 39.4. The number of ether oxygens (including phenoxy) is 1. The van der Waals surface area contributed by atoms with E-state index in [1.807, 2.05) is 0 Å². The van der Waals surface area contributed by atoms with Gasteiger partial charge in [-0.2, -0.15) is 13.2 Å². The van der Waals surface area contributed by atoms with Gasteiger partial charge in [0.1, 0.15) is 0 Å². The average molecular weight is 203 g/mol. The van der Waals surface area contributed by atoms with Crippen LogP contribution in [0.25, 0.3) is 0 Å². The fourth-order valence-electron chi connectivity index (χ4n) is 0.827. The molecule has 0 saturated carbocycles. The van der Waals surface area contributed by atoms with E-state index in [-0.39, 0.29) is 0 Å². The number of alkyl halides is 3. The molecule has 1 N–H and O–H groups in total. The van der Waals surface area contributed by atoms with E-state index in [0.29, 0.717) is 5.56 Å². The molecule has 0 heterocycles. The van der Waals surface area contributed by atoms with Gasteiger partial charge >= 0.3 is 6.18 Å². The molecule has 0 amide bonds. The third kappa shape index (κ3) is 3.47. The number of halogens is 3. The molecule has 0 spiro atoms. The van der Waals surface area contributed by atoms with Gasteiger partial charge < -0.3 is 4.74 Å². The molecule has 1 aromatic carbocycles. The fraction of sp³-hybridized carbons (Fsp3) is 0.222. The van der Waals surface area contributed by atoms with Gasteiger partial charge in [-0.05, 0) is 12.1 Å². The minimum Gasteiger partial charge on any atom is -0.468 e. The summed E-state index contributed by atoms with van der Waals surface area (Å²) in [7, 11) is 0. The molecule has 0 aromatic heterocycles. The second-order valence-corrected chi connectivity index (χ2v) is 2.60. The maximum absolute atomic E-state index is 11.7. The average Bonchev–Trinajstić information content (AvgIpc) is 2.14. The van der Waals surface area contributed by atoms with Crippen molar-refractivity contribution in [2.75, 3.05) is 6.61 Å². The summed E-state index contributed by atoms with van der Waals surface area (Å²) in [4.78, 5) is 0. The van der Waals surface area contributed by atoms with E-state index in [4.69, 9.17) is 5.41 Å². The van der Waals surface area contributed by atoms with Crippen LogP contribution in [0.2, 0.25) is 0 Å². The van der Waals surface area contributed by atoms with Gasteiger partial charge in [-0.3, -0.25) is 5.41 Å². The predicted octanol–water partition coefficient (Wildman–Crippen LogP) is 2.59. The largest absolute Gasteiger partial charge is 0.468 e. The molecule has 5 heteroatoms. The Morgan fingerprint density at radius 2 is 1.79 bits per heavy atom. The monoisotopic (exact) mass is 203 g/mol. The van der Waals surface area contributed by atoms with Crippen LogP contribution in [-0.2, 0) is 4.74 Å². The van der Waals surface area contributed by atoms with Crippen LogP contribution < -0.4 is 0 Å². The normalized spacial score (nSPS) is 11.1. The molecular formula is C9H8F3NO. The maximum atomic E-state index is 11.7. The van der Waals surface area contributed by atoms with E-state index in [2.05, 4.69) is 4.74 Å². The van der Waals surface area contributed by atoms with Crippen molar-refractivity contribution in [3.05, 3.63) is 35.9 Å². The summed E-state index contributed by atoms with van der Waals surface area (Å²) in [5.74, 6) is -0.470. The number of rotatable bonds is 2. The number of hydrogen-bond donors (Lipinski definition) is 1. The molecule has 0 unspecified atom stereocenters. The van der Waals surface area contributed by atoms with Crippen molar-refractivity contribution in [3.63, 3.8) is 0 Å². The zero-order valence-electron chi connectivity index (χ0n) is 7.14. The van der Waals surface area contributed by atoms with E-state index in [9.17, 15) is 13.2 Å². The van der Waals surface area contributed by atoms with Crippen molar-refractivity contribution in [3.8, 4) is 0 Å². The maximum Gasteiger partial charge on any atom is 0.422 e. The van der Waals surface area contributed by atoms with Crippen LogP contribution in [0.5, 0.6) is 0 Å². The van der Waals surface area contributed by atoms with Gasteiger partial charge in [0, 0.05) is 5.56 Å². The summed E-state index contributed by atoms with van der Waals surface area (Å²) in [6, 6.07) is 7.99. The molecular weight excluding hydrogens is 195 g/mol. The van der Waals surface area contributed by atoms with Gasteiger partial charge in [-0.1, -0.05) is 18.2 Å². The van der Waals surface area contributed by atoms with Crippen molar-refractivity contribution in [1.82, 2.24) is 0 Å². The first kappa shape index (κ1) is 10.6. The topological polar surface area (TPSA) is 33.1 Å². The lowest BCUT2D eigenvalue weighted by molar-refractivity contribution is -0.156. The SMILES string of the molecule is N=C(OCC(F)(F)F)c1ccccc1. The molecule has 76 valence electrons. The van der Waals surface area contributed by atoms with Crippen LogP contribution in [0.15, 0.2) is 30.3 Å². The molecule has 0 bridgehead atoms. The Balaban J connectivity index is 2.52. The van der Waals surface area contributed by atoms with Gasteiger partial charge in [0.15, 0.2) is 6.61 Å². The number of benzene rings is 1. The molecule has 0 aliphatic rings. The highest BCUT2D eigenvalue weighted by Gasteiger charge is 2.29. The quantitative estimate of drug-likeness (QED) is 0.581. The van der Waals surface area contributed by atoms with Gasteiger partial charge in [-0.25, -0.2) is 0 Å². The highest BCUT2D eigenvalue weighted by atomic mass is 19.4. The standard InChI is InChI=1S/C9H8F3NO/c10-9(11,12)6-14-8(13)7-4-2-1-3-5-7/h1-5,13H,6H2. The fourth-order valence-corrected chi connectivity index (χ4v) is 0.827. The Hall–Kier alpha value is -1.52. The molecule has 0 aliphatic heterocycles. The van der Waals surface area contributed by atoms with Crippen LogP contribution >= 0.6 is 0 Å². The molecule has 14 heavy (non-hydrogen) atoms. The van der Waals surface area contributed by atoms with Gasteiger partial charge in [0.05, 0.1) is 0 Å². The first-order valence-electron chi connectivity index (χ1n) is 3.82. The van der Waals surface area contributed by atoms with Crippen molar-refractivity contribution in [1.29, 1.82) is 5.41 Å². The second-order valence-electron chi connectivity index (χ2n) is 2.60. The predicted molar refractivity (Wildman–Crippen MR) is 45.3 cm³/mol. The first-order valence-corrected chi connectivity index (χ1v) is 3.82. The summed E-state index contributed by atoms with van der Waals surface area (Å²) in [6.07, 6.45) is -4.40. The number of hydrogen-bond acceptors (Lipinski definition) is 2. The highest BCUT2D eigenvalue weighted by Crippen LogP contribution is 2.15. The van der Waals surface area contributed by atoms with Crippen LogP contribution in [0.1, 0.15) is 5.56 Å². The van der Waals surface area contributed by atoms with Crippen LogP contribution in [0.4, 0.5) is 13.2 Å². The molecule has 0 fully saturated rings. The van der Waals surface area contributed by atoms with Gasteiger partial charge in [0.25, 0.3) is 0 Å². The first-order chi connectivity index (χ1) is 6.49. The van der Waals surface area contributed by atoms with Gasteiger partial charge in [-0.15, -0.1) is 0 Å². The second kappa shape index (κ2) is 4.13. The van der Waals surface area contributed by atoms with E-state index in [1.54, 1.807) is 18.2 Å². The Morgan fingerprint density at radius 3 is 2.29 bits per heavy atom. The Labute approximate surface area is 78.8 Å². The van der Waals surface area contributed by atoms with Crippen molar-refractivity contribution in [2.45, 2.75) is 6.18 Å². The zero-order valence-corrected chi connectivity index (χ0v) is 7.14. The van der Waals surface area contributed by atoms with E-state index < -0.39 is 18.7 Å². The lowest BCUT2D eigenvalue weighted by Gasteiger charge is -2.09. The smallest absolute Gasteiger partial charge is 0.422 e. The minimum absolute atomic E-state index is 0.330.